The number of pyridine rings is 1. The van der Waals surface area contributed by atoms with Gasteiger partial charge >= 0.3 is 0 Å². The maximum absolute atomic E-state index is 5.46. The van der Waals surface area contributed by atoms with Gasteiger partial charge in [-0.25, -0.2) is 9.97 Å². The summed E-state index contributed by atoms with van der Waals surface area (Å²) in [7, 11) is 0. The summed E-state index contributed by atoms with van der Waals surface area (Å²) in [5.41, 5.74) is 0. The van der Waals surface area contributed by atoms with Gasteiger partial charge in [-0.2, -0.15) is 12.6 Å². The van der Waals surface area contributed by atoms with Crippen LogP contribution < -0.4 is 4.90 Å². The average Bonchev–Trinajstić information content (AvgIpc) is 3.11. The molecule has 3 heterocycles. The van der Waals surface area contributed by atoms with Gasteiger partial charge in [0.25, 0.3) is 0 Å². The maximum Gasteiger partial charge on any atom is 0.181 e. The molecule has 0 radical (unpaired) electrons. The zero-order valence-electron chi connectivity index (χ0n) is 12.0. The Labute approximate surface area is 136 Å². The van der Waals surface area contributed by atoms with E-state index in [1.165, 1.54) is 0 Å². The number of imidazole rings is 1. The van der Waals surface area contributed by atoms with Gasteiger partial charge in [0.2, 0.25) is 0 Å². The molecule has 1 fully saturated rings. The summed E-state index contributed by atoms with van der Waals surface area (Å²) in [6, 6.07) is 6.00. The molecule has 3 rings (SSSR count). The first-order chi connectivity index (χ1) is 10.3. The van der Waals surface area contributed by atoms with Gasteiger partial charge in [0.05, 0.1) is 0 Å². The van der Waals surface area contributed by atoms with Crippen molar-refractivity contribution < 1.29 is 0 Å². The second-order valence-electron chi connectivity index (χ2n) is 4.41. The number of thiocarbonyl (C=S) groups is 1. The number of aromatic nitrogens is 3. The Kier molecular flexibility index (Phi) is 6.01. The summed E-state index contributed by atoms with van der Waals surface area (Å²) in [5.74, 6) is 1.04. The van der Waals surface area contributed by atoms with Crippen molar-refractivity contribution in [3.8, 4) is 0 Å². The van der Waals surface area contributed by atoms with Crippen molar-refractivity contribution in [1.82, 2.24) is 19.4 Å². The largest absolute Gasteiger partial charge is 0.353 e. The Morgan fingerprint density at radius 2 is 1.90 bits per heavy atom. The molecule has 2 aromatic heterocycles. The summed E-state index contributed by atoms with van der Waals surface area (Å²) in [6.45, 7) is 3.69. The number of nitrogens with zero attached hydrogens (tertiary/aromatic N) is 5. The van der Waals surface area contributed by atoms with Crippen molar-refractivity contribution in [3.05, 3.63) is 43.1 Å². The summed E-state index contributed by atoms with van der Waals surface area (Å²) in [6.07, 6.45) is 8.90. The molecule has 0 atom stereocenters. The van der Waals surface area contributed by atoms with E-state index in [9.17, 15) is 0 Å². The first-order valence-electron chi connectivity index (χ1n) is 6.72. The van der Waals surface area contributed by atoms with E-state index in [2.05, 4.69) is 32.4 Å². The molecule has 0 N–H and O–H groups in total. The topological polar surface area (TPSA) is 37.2 Å². The van der Waals surface area contributed by atoms with Crippen LogP contribution in [0.2, 0.25) is 0 Å². The highest BCUT2D eigenvalue weighted by molar-refractivity contribution is 7.80. The molecule has 0 aromatic carbocycles. The van der Waals surface area contributed by atoms with Crippen molar-refractivity contribution in [3.63, 3.8) is 0 Å². The van der Waals surface area contributed by atoms with Crippen molar-refractivity contribution in [2.45, 2.75) is 0 Å². The number of rotatable bonds is 1. The number of hydrogen-bond donors (Lipinski definition) is 1. The lowest BCUT2D eigenvalue weighted by Gasteiger charge is -2.36. The van der Waals surface area contributed by atoms with E-state index in [0.717, 1.165) is 37.1 Å². The molecule has 0 spiro atoms. The number of piperazine rings is 1. The molecule has 0 unspecified atom stereocenters. The van der Waals surface area contributed by atoms with Crippen LogP contribution in [0.4, 0.5) is 5.82 Å². The van der Waals surface area contributed by atoms with Crippen LogP contribution in [0.15, 0.2) is 43.1 Å². The third-order valence-electron chi connectivity index (χ3n) is 3.25. The molecule has 7 heteroatoms. The van der Waals surface area contributed by atoms with Crippen LogP contribution >= 0.6 is 24.8 Å². The monoisotopic (exact) mass is 321 g/mol. The Hall–Kier alpha value is -1.60. The number of anilines is 1. The molecule has 0 saturated carbocycles. The zero-order valence-corrected chi connectivity index (χ0v) is 13.7. The van der Waals surface area contributed by atoms with E-state index in [1.807, 2.05) is 35.2 Å². The van der Waals surface area contributed by atoms with Gasteiger partial charge in [0, 0.05) is 44.8 Å². The second-order valence-corrected chi connectivity index (χ2v) is 4.78. The average molecular weight is 321 g/mol. The van der Waals surface area contributed by atoms with E-state index in [0.29, 0.717) is 0 Å². The minimum atomic E-state index is 0.818. The highest BCUT2D eigenvalue weighted by atomic mass is 32.1. The van der Waals surface area contributed by atoms with Crippen LogP contribution in [-0.4, -0.2) is 57.0 Å². The first kappa shape index (κ1) is 15.8. The highest BCUT2D eigenvalue weighted by Crippen LogP contribution is 2.13. The molecule has 0 bridgehead atoms. The minimum Gasteiger partial charge on any atom is -0.353 e. The normalized spacial score (nSPS) is 14.4. The van der Waals surface area contributed by atoms with Crippen LogP contribution in [0.1, 0.15) is 0 Å². The fourth-order valence-corrected chi connectivity index (χ4v) is 2.49. The van der Waals surface area contributed by atoms with E-state index in [4.69, 9.17) is 12.2 Å². The third-order valence-corrected chi connectivity index (χ3v) is 3.72. The molecule has 21 heavy (non-hydrogen) atoms. The van der Waals surface area contributed by atoms with Gasteiger partial charge in [0.1, 0.15) is 12.1 Å². The van der Waals surface area contributed by atoms with Crippen molar-refractivity contribution in [2.24, 2.45) is 0 Å². The van der Waals surface area contributed by atoms with Gasteiger partial charge in [-0.1, -0.05) is 6.07 Å². The van der Waals surface area contributed by atoms with Gasteiger partial charge in [-0.3, -0.25) is 4.57 Å². The van der Waals surface area contributed by atoms with Crippen LogP contribution in [0.25, 0.3) is 0 Å². The van der Waals surface area contributed by atoms with E-state index in [1.54, 1.807) is 18.8 Å². The van der Waals surface area contributed by atoms with Crippen LogP contribution in [0.5, 0.6) is 0 Å². The molecular formula is C14H19N5S2. The Morgan fingerprint density at radius 1 is 1.14 bits per heavy atom. The van der Waals surface area contributed by atoms with E-state index in [-0.39, 0.29) is 0 Å². The Bertz CT molecular complexity index is 536. The quantitative estimate of drug-likeness (QED) is 0.640. The number of hydrogen-bond acceptors (Lipinski definition) is 5. The summed E-state index contributed by atoms with van der Waals surface area (Å²) >= 11 is 8.99. The lowest BCUT2D eigenvalue weighted by molar-refractivity contribution is 0.381. The second kappa shape index (κ2) is 7.99. The van der Waals surface area contributed by atoms with Gasteiger partial charge in [-0.15, -0.1) is 0 Å². The van der Waals surface area contributed by atoms with Crippen molar-refractivity contribution in [1.29, 1.82) is 0 Å². The van der Waals surface area contributed by atoms with Gasteiger partial charge in [-0.05, 0) is 30.6 Å². The van der Waals surface area contributed by atoms with Gasteiger partial charge < -0.3 is 9.80 Å². The molecule has 1 saturated heterocycles. The number of thiol groups is 1. The van der Waals surface area contributed by atoms with Crippen LogP contribution in [0.3, 0.4) is 0 Å². The smallest absolute Gasteiger partial charge is 0.181 e. The Morgan fingerprint density at radius 3 is 2.48 bits per heavy atom. The predicted octanol–water partition coefficient (Wildman–Crippen LogP) is 1.78. The molecular weight excluding hydrogens is 302 g/mol. The van der Waals surface area contributed by atoms with Gasteiger partial charge in [0.15, 0.2) is 5.11 Å². The van der Waals surface area contributed by atoms with Crippen molar-refractivity contribution >= 4 is 35.8 Å². The first-order valence-corrected chi connectivity index (χ1v) is 8.03. The molecule has 5 nitrogen and oxygen atoms in total. The summed E-state index contributed by atoms with van der Waals surface area (Å²) in [5, 5.41) is 0.818. The Balaban J connectivity index is 0.000000774. The summed E-state index contributed by atoms with van der Waals surface area (Å²) < 4.78 is 1.88. The minimum absolute atomic E-state index is 0.818. The lowest BCUT2D eigenvalue weighted by atomic mass is 10.3. The molecule has 112 valence electrons. The molecule has 0 aliphatic carbocycles. The molecule has 2 aromatic rings. The van der Waals surface area contributed by atoms with Crippen molar-refractivity contribution in [2.75, 3.05) is 37.3 Å². The van der Waals surface area contributed by atoms with E-state index < -0.39 is 0 Å². The fraction of sp³-hybridized carbons (Fsp3) is 0.357. The van der Waals surface area contributed by atoms with Crippen LogP contribution in [0, 0.1) is 0 Å². The molecule has 1 aliphatic heterocycles. The molecule has 1 aliphatic rings. The predicted molar refractivity (Wildman–Crippen MR) is 93.2 cm³/mol. The maximum atomic E-state index is 5.46. The molecule has 0 amide bonds. The summed E-state index contributed by atoms with van der Waals surface area (Å²) in [4.78, 5) is 12.9. The third kappa shape index (κ3) is 3.95. The standard InChI is InChI=1S/C13H15N5S.CH4S/c19-13(18-6-5-14-11-18)17-9-7-16(8-10-17)12-3-1-2-4-15-12;1-2/h1-6,11H,7-10H2;2H,1H3. The SMILES string of the molecule is CS.S=C(N1CCN(c2ccccn2)CC1)n1ccnc1. The lowest BCUT2D eigenvalue weighted by Crippen LogP contribution is -2.49. The zero-order chi connectivity index (χ0) is 15.1. The highest BCUT2D eigenvalue weighted by Gasteiger charge is 2.20. The fourth-order valence-electron chi connectivity index (χ4n) is 2.20. The van der Waals surface area contributed by atoms with Crippen LogP contribution in [-0.2, 0) is 0 Å². The van der Waals surface area contributed by atoms with E-state index >= 15 is 0 Å².